The number of hydrogen-bond donors (Lipinski definition) is 1. The average molecular weight is 197 g/mol. The highest BCUT2D eigenvalue weighted by Gasteiger charge is 2.23. The lowest BCUT2D eigenvalue weighted by Gasteiger charge is -2.16. The van der Waals surface area contributed by atoms with Crippen LogP contribution < -0.4 is 5.32 Å². The SMILES string of the molecule is C=C(CCC)NC(C)CC1CC1.CC. The molecular weight excluding hydrogens is 170 g/mol. The van der Waals surface area contributed by atoms with Crippen molar-refractivity contribution in [2.24, 2.45) is 5.92 Å². The van der Waals surface area contributed by atoms with E-state index in [0.29, 0.717) is 6.04 Å². The molecule has 1 atom stereocenters. The second-order valence-corrected chi connectivity index (χ2v) is 4.08. The van der Waals surface area contributed by atoms with Crippen molar-refractivity contribution in [2.45, 2.75) is 65.8 Å². The van der Waals surface area contributed by atoms with Gasteiger partial charge < -0.3 is 5.32 Å². The summed E-state index contributed by atoms with van der Waals surface area (Å²) < 4.78 is 0. The van der Waals surface area contributed by atoms with Gasteiger partial charge in [0.15, 0.2) is 0 Å². The molecule has 0 amide bonds. The Morgan fingerprint density at radius 2 is 2.00 bits per heavy atom. The van der Waals surface area contributed by atoms with Gasteiger partial charge in [0, 0.05) is 11.7 Å². The lowest BCUT2D eigenvalue weighted by molar-refractivity contribution is 0.522. The maximum absolute atomic E-state index is 4.00. The lowest BCUT2D eigenvalue weighted by atomic mass is 10.1. The molecule has 1 aliphatic carbocycles. The van der Waals surface area contributed by atoms with Gasteiger partial charge in [-0.2, -0.15) is 0 Å². The summed E-state index contributed by atoms with van der Waals surface area (Å²) in [5.41, 5.74) is 1.21. The minimum absolute atomic E-state index is 0.636. The minimum Gasteiger partial charge on any atom is -0.386 e. The Morgan fingerprint density at radius 3 is 2.43 bits per heavy atom. The molecule has 1 heteroatoms. The van der Waals surface area contributed by atoms with Crippen LogP contribution >= 0.6 is 0 Å². The van der Waals surface area contributed by atoms with Crippen molar-refractivity contribution in [3.63, 3.8) is 0 Å². The summed E-state index contributed by atoms with van der Waals surface area (Å²) in [4.78, 5) is 0. The molecule has 0 bridgehead atoms. The Hall–Kier alpha value is -0.460. The predicted molar refractivity (Wildman–Crippen MR) is 65.3 cm³/mol. The first-order chi connectivity index (χ1) is 6.72. The maximum Gasteiger partial charge on any atom is 0.0232 e. The molecule has 84 valence electrons. The fourth-order valence-corrected chi connectivity index (χ4v) is 1.63. The molecule has 0 heterocycles. The molecule has 1 rings (SSSR count). The predicted octanol–water partition coefficient (Wildman–Crippen LogP) is 4.10. The summed E-state index contributed by atoms with van der Waals surface area (Å²) >= 11 is 0. The van der Waals surface area contributed by atoms with Crippen LogP contribution in [0.1, 0.15) is 59.8 Å². The second-order valence-electron chi connectivity index (χ2n) is 4.08. The van der Waals surface area contributed by atoms with E-state index >= 15 is 0 Å². The molecule has 0 spiro atoms. The highest BCUT2D eigenvalue weighted by Crippen LogP contribution is 2.33. The van der Waals surface area contributed by atoms with Gasteiger partial charge in [0.1, 0.15) is 0 Å². The van der Waals surface area contributed by atoms with Gasteiger partial charge in [-0.3, -0.25) is 0 Å². The summed E-state index contributed by atoms with van der Waals surface area (Å²) in [6, 6.07) is 0.636. The van der Waals surface area contributed by atoms with E-state index in [1.807, 2.05) is 13.8 Å². The smallest absolute Gasteiger partial charge is 0.0232 e. The van der Waals surface area contributed by atoms with Crippen LogP contribution in [-0.2, 0) is 0 Å². The molecule has 1 nitrogen and oxygen atoms in total. The molecule has 14 heavy (non-hydrogen) atoms. The van der Waals surface area contributed by atoms with Crippen molar-refractivity contribution in [3.8, 4) is 0 Å². The van der Waals surface area contributed by atoms with Gasteiger partial charge in [0.25, 0.3) is 0 Å². The Kier molecular flexibility index (Phi) is 7.64. The Morgan fingerprint density at radius 1 is 1.43 bits per heavy atom. The Bertz CT molecular complexity index is 147. The zero-order valence-corrected chi connectivity index (χ0v) is 10.4. The van der Waals surface area contributed by atoms with Crippen molar-refractivity contribution < 1.29 is 0 Å². The molecule has 0 aromatic rings. The van der Waals surface area contributed by atoms with E-state index in [9.17, 15) is 0 Å². The van der Waals surface area contributed by atoms with Crippen LogP contribution in [0.5, 0.6) is 0 Å². The largest absolute Gasteiger partial charge is 0.386 e. The first-order valence-electron chi connectivity index (χ1n) is 6.16. The number of rotatable bonds is 6. The Labute approximate surface area is 90.0 Å². The molecule has 0 aliphatic heterocycles. The van der Waals surface area contributed by atoms with Gasteiger partial charge in [-0.25, -0.2) is 0 Å². The minimum atomic E-state index is 0.636. The highest BCUT2D eigenvalue weighted by molar-refractivity contribution is 4.93. The summed E-state index contributed by atoms with van der Waals surface area (Å²) in [6.45, 7) is 12.5. The van der Waals surface area contributed by atoms with Crippen molar-refractivity contribution in [2.75, 3.05) is 0 Å². The first kappa shape index (κ1) is 13.5. The number of hydrogen-bond acceptors (Lipinski definition) is 1. The molecule has 1 saturated carbocycles. The quantitative estimate of drug-likeness (QED) is 0.676. The summed E-state index contributed by atoms with van der Waals surface area (Å²) in [6.07, 6.45) is 6.55. The standard InChI is InChI=1S/C11H21N.C2H6/c1-4-5-9(2)12-10(3)8-11-6-7-11;1-2/h10-12H,2,4-8H2,1,3H3;1-2H3. The van der Waals surface area contributed by atoms with Crippen molar-refractivity contribution in [1.82, 2.24) is 5.32 Å². The van der Waals surface area contributed by atoms with E-state index in [2.05, 4.69) is 25.7 Å². The van der Waals surface area contributed by atoms with Gasteiger partial charge in [0.05, 0.1) is 0 Å². The summed E-state index contributed by atoms with van der Waals surface area (Å²) in [7, 11) is 0. The molecule has 1 unspecified atom stereocenters. The van der Waals surface area contributed by atoms with Crippen molar-refractivity contribution >= 4 is 0 Å². The van der Waals surface area contributed by atoms with E-state index in [1.54, 1.807) is 0 Å². The third-order valence-electron chi connectivity index (χ3n) is 2.39. The molecule has 0 aromatic carbocycles. The van der Waals surface area contributed by atoms with Crippen LogP contribution in [0.2, 0.25) is 0 Å². The number of allylic oxidation sites excluding steroid dienone is 1. The van der Waals surface area contributed by atoms with Crippen LogP contribution in [0.15, 0.2) is 12.3 Å². The maximum atomic E-state index is 4.00. The molecule has 1 fully saturated rings. The average Bonchev–Trinajstić information content (AvgIpc) is 2.92. The third kappa shape index (κ3) is 6.99. The fraction of sp³-hybridized carbons (Fsp3) is 0.846. The van der Waals surface area contributed by atoms with Crippen LogP contribution in [0, 0.1) is 5.92 Å². The monoisotopic (exact) mass is 197 g/mol. The van der Waals surface area contributed by atoms with Gasteiger partial charge in [-0.1, -0.05) is 46.6 Å². The zero-order chi connectivity index (χ0) is 11.0. The summed E-state index contributed by atoms with van der Waals surface area (Å²) in [5.74, 6) is 1.02. The van der Waals surface area contributed by atoms with Crippen LogP contribution in [0.25, 0.3) is 0 Å². The third-order valence-corrected chi connectivity index (χ3v) is 2.39. The first-order valence-corrected chi connectivity index (χ1v) is 6.16. The van der Waals surface area contributed by atoms with E-state index in [1.165, 1.54) is 31.4 Å². The zero-order valence-electron chi connectivity index (χ0n) is 10.4. The molecule has 1 aliphatic rings. The molecule has 1 N–H and O–H groups in total. The van der Waals surface area contributed by atoms with Crippen LogP contribution in [0.4, 0.5) is 0 Å². The van der Waals surface area contributed by atoms with Gasteiger partial charge in [-0.05, 0) is 25.7 Å². The normalized spacial score (nSPS) is 16.6. The van der Waals surface area contributed by atoms with Gasteiger partial charge in [-0.15, -0.1) is 0 Å². The summed E-state index contributed by atoms with van der Waals surface area (Å²) in [5, 5.41) is 3.46. The molecule has 0 radical (unpaired) electrons. The second kappa shape index (κ2) is 7.90. The van der Waals surface area contributed by atoms with Crippen LogP contribution in [-0.4, -0.2) is 6.04 Å². The van der Waals surface area contributed by atoms with Crippen molar-refractivity contribution in [3.05, 3.63) is 12.3 Å². The highest BCUT2D eigenvalue weighted by atomic mass is 14.9. The van der Waals surface area contributed by atoms with E-state index < -0.39 is 0 Å². The van der Waals surface area contributed by atoms with E-state index in [-0.39, 0.29) is 0 Å². The molecule has 0 saturated heterocycles. The van der Waals surface area contributed by atoms with Crippen LogP contribution in [0.3, 0.4) is 0 Å². The molecular formula is C13H27N. The topological polar surface area (TPSA) is 12.0 Å². The Balaban J connectivity index is 0.000000791. The van der Waals surface area contributed by atoms with E-state index in [4.69, 9.17) is 0 Å². The van der Waals surface area contributed by atoms with Crippen molar-refractivity contribution in [1.29, 1.82) is 0 Å². The van der Waals surface area contributed by atoms with E-state index in [0.717, 1.165) is 12.3 Å². The fourth-order valence-electron chi connectivity index (χ4n) is 1.63. The lowest BCUT2D eigenvalue weighted by Crippen LogP contribution is -2.25. The number of nitrogens with one attached hydrogen (secondary N) is 1. The van der Waals surface area contributed by atoms with Gasteiger partial charge in [0.2, 0.25) is 0 Å². The molecule has 0 aromatic heterocycles. The van der Waals surface area contributed by atoms with Gasteiger partial charge >= 0.3 is 0 Å².